The van der Waals surface area contributed by atoms with E-state index < -0.39 is 17.7 Å². The summed E-state index contributed by atoms with van der Waals surface area (Å²) in [5.74, 6) is 0.511. The second kappa shape index (κ2) is 17.2. The Balaban J connectivity index is 1.16. The lowest BCUT2D eigenvalue weighted by Gasteiger charge is -2.23. The maximum Gasteiger partial charge on any atom is 0.407 e. The molecule has 1 unspecified atom stereocenters. The average molecular weight is 662 g/mol. The van der Waals surface area contributed by atoms with Gasteiger partial charge in [0.05, 0.1) is 13.0 Å². The van der Waals surface area contributed by atoms with Gasteiger partial charge in [0.25, 0.3) is 0 Å². The summed E-state index contributed by atoms with van der Waals surface area (Å²) in [5.41, 5.74) is 7.42. The largest absolute Gasteiger partial charge is 0.494 e. The van der Waals surface area contributed by atoms with E-state index in [1.165, 1.54) is 36.8 Å². The van der Waals surface area contributed by atoms with Gasteiger partial charge >= 0.3 is 12.1 Å². The molecule has 49 heavy (non-hydrogen) atoms. The predicted octanol–water partition coefficient (Wildman–Crippen LogP) is 10.3. The molecule has 1 aliphatic rings. The summed E-state index contributed by atoms with van der Waals surface area (Å²) in [6.07, 6.45) is 6.89. The number of aryl methyl sites for hydroxylation is 1. The fraction of sp³-hybridized carbons (Fsp3) is 0.395. The summed E-state index contributed by atoms with van der Waals surface area (Å²) in [5, 5.41) is 2.97. The molecule has 4 aromatic carbocycles. The van der Waals surface area contributed by atoms with Gasteiger partial charge in [0.2, 0.25) is 0 Å². The molecule has 5 rings (SSSR count). The lowest BCUT2D eigenvalue weighted by Crippen LogP contribution is -2.39. The summed E-state index contributed by atoms with van der Waals surface area (Å²) < 4.78 is 17.3. The van der Waals surface area contributed by atoms with E-state index in [9.17, 15) is 9.59 Å². The number of ether oxygens (including phenoxy) is 3. The zero-order valence-corrected chi connectivity index (χ0v) is 29.5. The molecule has 6 heteroatoms. The van der Waals surface area contributed by atoms with Crippen LogP contribution < -0.4 is 10.1 Å². The van der Waals surface area contributed by atoms with Crippen LogP contribution in [-0.4, -0.2) is 36.9 Å². The summed E-state index contributed by atoms with van der Waals surface area (Å²) in [6.45, 7) is 8.73. The maximum atomic E-state index is 13.2. The van der Waals surface area contributed by atoms with Crippen molar-refractivity contribution in [3.8, 4) is 28.0 Å². The predicted molar refractivity (Wildman–Crippen MR) is 197 cm³/mol. The maximum absolute atomic E-state index is 13.2. The second-order valence-corrected chi connectivity index (χ2v) is 14.0. The van der Waals surface area contributed by atoms with E-state index in [-0.39, 0.29) is 24.9 Å². The first-order chi connectivity index (χ1) is 23.7. The van der Waals surface area contributed by atoms with Crippen LogP contribution in [0.15, 0.2) is 97.1 Å². The fourth-order valence-corrected chi connectivity index (χ4v) is 6.46. The minimum absolute atomic E-state index is 0.0370. The zero-order valence-electron chi connectivity index (χ0n) is 29.5. The van der Waals surface area contributed by atoms with Crippen molar-refractivity contribution < 1.29 is 23.8 Å². The Kier molecular flexibility index (Phi) is 12.5. The number of carbonyl (C=O) groups excluding carboxylic acids is 2. The van der Waals surface area contributed by atoms with Crippen molar-refractivity contribution in [2.24, 2.45) is 0 Å². The van der Waals surface area contributed by atoms with Crippen LogP contribution in [0.3, 0.4) is 0 Å². The molecule has 1 amide bonds. The molecule has 0 spiro atoms. The molecule has 0 radical (unpaired) electrons. The third-order valence-corrected chi connectivity index (χ3v) is 8.94. The molecule has 0 saturated heterocycles. The lowest BCUT2D eigenvalue weighted by atomic mass is 9.98. The van der Waals surface area contributed by atoms with Crippen LogP contribution in [0.5, 0.6) is 5.75 Å². The summed E-state index contributed by atoms with van der Waals surface area (Å²) in [7, 11) is 0. The van der Waals surface area contributed by atoms with E-state index >= 15 is 0 Å². The Bertz CT molecular complexity index is 1610. The number of fused-ring (bicyclic) bond motifs is 3. The number of hydrogen-bond donors (Lipinski definition) is 1. The van der Waals surface area contributed by atoms with Crippen molar-refractivity contribution in [1.29, 1.82) is 0 Å². The first-order valence-electron chi connectivity index (χ1n) is 17.9. The van der Waals surface area contributed by atoms with Crippen molar-refractivity contribution >= 4 is 12.1 Å². The molecule has 258 valence electrons. The molecule has 0 bridgehead atoms. The topological polar surface area (TPSA) is 73.9 Å². The molecule has 0 fully saturated rings. The van der Waals surface area contributed by atoms with E-state index in [0.29, 0.717) is 12.8 Å². The van der Waals surface area contributed by atoms with E-state index in [0.717, 1.165) is 46.6 Å². The average Bonchev–Trinajstić information content (AvgIpc) is 3.41. The monoisotopic (exact) mass is 661 g/mol. The van der Waals surface area contributed by atoms with Crippen LogP contribution in [-0.2, 0) is 20.7 Å². The quantitative estimate of drug-likeness (QED) is 0.0956. The molecule has 0 saturated carbocycles. The van der Waals surface area contributed by atoms with Gasteiger partial charge in [-0.1, -0.05) is 118 Å². The van der Waals surface area contributed by atoms with Crippen molar-refractivity contribution in [2.75, 3.05) is 13.2 Å². The number of benzene rings is 4. The molecular formula is C43H51NO5. The molecule has 1 N–H and O–H groups in total. The standard InChI is InChI=1S/C43H51NO5/c1-5-6-7-8-13-28-47-35-26-23-33(24-27-35)32-21-18-31(19-22-32)20-25-34(29-41(45)49-43(2,3)4)44-42(46)48-30-40-38-16-11-9-14-36(38)37-15-10-12-17-39(37)40/h9-12,14-19,21-24,26-27,34,40H,5-8,13,20,25,28-30H2,1-4H3,(H,44,46). The molecule has 1 atom stereocenters. The minimum Gasteiger partial charge on any atom is -0.494 e. The Morgan fingerprint density at radius 2 is 1.35 bits per heavy atom. The second-order valence-electron chi connectivity index (χ2n) is 14.0. The smallest absolute Gasteiger partial charge is 0.407 e. The zero-order chi connectivity index (χ0) is 34.6. The lowest BCUT2D eigenvalue weighted by molar-refractivity contribution is -0.155. The highest BCUT2D eigenvalue weighted by Gasteiger charge is 2.29. The molecule has 1 aliphatic carbocycles. The van der Waals surface area contributed by atoms with Crippen molar-refractivity contribution in [3.63, 3.8) is 0 Å². The highest BCUT2D eigenvalue weighted by atomic mass is 16.6. The van der Waals surface area contributed by atoms with E-state index in [1.807, 2.05) is 57.2 Å². The Morgan fingerprint density at radius 1 is 0.755 bits per heavy atom. The van der Waals surface area contributed by atoms with Crippen LogP contribution in [0.25, 0.3) is 22.3 Å². The van der Waals surface area contributed by atoms with Gasteiger partial charge in [-0.15, -0.1) is 0 Å². The minimum atomic E-state index is -0.611. The van der Waals surface area contributed by atoms with Gasteiger partial charge in [-0.3, -0.25) is 4.79 Å². The Morgan fingerprint density at radius 3 is 1.96 bits per heavy atom. The number of rotatable bonds is 16. The van der Waals surface area contributed by atoms with E-state index in [1.54, 1.807) is 0 Å². The van der Waals surface area contributed by atoms with Crippen LogP contribution in [0.2, 0.25) is 0 Å². The highest BCUT2D eigenvalue weighted by molar-refractivity contribution is 5.79. The first-order valence-corrected chi connectivity index (χ1v) is 17.9. The Hall–Kier alpha value is -4.58. The molecule has 6 nitrogen and oxygen atoms in total. The molecule has 0 aromatic heterocycles. The number of carbonyl (C=O) groups is 2. The van der Waals surface area contributed by atoms with Gasteiger partial charge in [0, 0.05) is 12.0 Å². The van der Waals surface area contributed by atoms with Gasteiger partial charge in [-0.2, -0.15) is 0 Å². The van der Waals surface area contributed by atoms with Crippen molar-refractivity contribution in [3.05, 3.63) is 114 Å². The normalized spacial score (nSPS) is 12.9. The third-order valence-electron chi connectivity index (χ3n) is 8.94. The molecular weight excluding hydrogens is 610 g/mol. The SMILES string of the molecule is CCCCCCCOc1ccc(-c2ccc(CCC(CC(=O)OC(C)(C)C)NC(=O)OCC3c4ccccc4-c4ccccc43)cc2)cc1. The molecule has 0 aliphatic heterocycles. The number of amides is 1. The molecule has 0 heterocycles. The van der Waals surface area contributed by atoms with Gasteiger partial charge in [0.1, 0.15) is 18.0 Å². The number of unbranched alkanes of at least 4 members (excludes halogenated alkanes) is 4. The van der Waals surface area contributed by atoms with Crippen molar-refractivity contribution in [2.45, 2.75) is 96.6 Å². The van der Waals surface area contributed by atoms with Crippen LogP contribution in [0.4, 0.5) is 4.79 Å². The van der Waals surface area contributed by atoms with E-state index in [4.69, 9.17) is 14.2 Å². The summed E-state index contributed by atoms with van der Waals surface area (Å²) in [4.78, 5) is 26.0. The van der Waals surface area contributed by atoms with Crippen LogP contribution in [0.1, 0.15) is 95.2 Å². The van der Waals surface area contributed by atoms with E-state index in [2.05, 4.69) is 72.9 Å². The van der Waals surface area contributed by atoms with Crippen LogP contribution >= 0.6 is 0 Å². The van der Waals surface area contributed by atoms with Gasteiger partial charge in [-0.25, -0.2) is 4.79 Å². The number of esters is 1. The summed E-state index contributed by atoms with van der Waals surface area (Å²) in [6, 6.07) is 32.8. The number of alkyl carbamates (subject to hydrolysis) is 1. The molecule has 4 aromatic rings. The van der Waals surface area contributed by atoms with Gasteiger partial charge in [0.15, 0.2) is 0 Å². The van der Waals surface area contributed by atoms with Gasteiger partial charge < -0.3 is 19.5 Å². The Labute approximate surface area is 292 Å². The summed E-state index contributed by atoms with van der Waals surface area (Å²) >= 11 is 0. The highest BCUT2D eigenvalue weighted by Crippen LogP contribution is 2.44. The van der Waals surface area contributed by atoms with Gasteiger partial charge in [-0.05, 0) is 91.1 Å². The third kappa shape index (κ3) is 10.5. The number of nitrogens with one attached hydrogen (secondary N) is 1. The van der Waals surface area contributed by atoms with Crippen molar-refractivity contribution in [1.82, 2.24) is 5.32 Å². The first kappa shape index (κ1) is 35.7. The van der Waals surface area contributed by atoms with Crippen LogP contribution in [0, 0.1) is 0 Å². The fourth-order valence-electron chi connectivity index (χ4n) is 6.46. The number of hydrogen-bond acceptors (Lipinski definition) is 5.